The molecule has 1 aliphatic heterocycles. The van der Waals surface area contributed by atoms with Crippen molar-refractivity contribution in [3.8, 4) is 0 Å². The van der Waals surface area contributed by atoms with Crippen molar-refractivity contribution in [2.45, 2.75) is 58.0 Å². The molecule has 0 aromatic carbocycles. The van der Waals surface area contributed by atoms with Crippen LogP contribution in [0.5, 0.6) is 0 Å². The van der Waals surface area contributed by atoms with Gasteiger partial charge in [-0.05, 0) is 33.6 Å². The van der Waals surface area contributed by atoms with Gasteiger partial charge in [0.1, 0.15) is 6.04 Å². The van der Waals surface area contributed by atoms with Gasteiger partial charge in [0.15, 0.2) is 5.82 Å². The number of aliphatic carboxylic acids is 1. The van der Waals surface area contributed by atoms with E-state index in [1.807, 2.05) is 20.8 Å². The van der Waals surface area contributed by atoms with Crippen molar-refractivity contribution in [1.29, 1.82) is 0 Å². The topological polar surface area (TPSA) is 75.4 Å². The van der Waals surface area contributed by atoms with Gasteiger partial charge in [0, 0.05) is 24.5 Å². The lowest BCUT2D eigenvalue weighted by Crippen LogP contribution is -2.46. The van der Waals surface area contributed by atoms with Gasteiger partial charge in [-0.1, -0.05) is 12.8 Å². The first-order chi connectivity index (χ1) is 9.82. The summed E-state index contributed by atoms with van der Waals surface area (Å²) in [5.41, 5.74) is -0.586. The molecule has 116 valence electrons. The van der Waals surface area contributed by atoms with E-state index in [2.05, 4.69) is 4.98 Å². The average molecular weight is 293 g/mol. The lowest BCUT2D eigenvalue weighted by Gasteiger charge is -2.29. The Bertz CT molecular complexity index is 574. The van der Waals surface area contributed by atoms with E-state index < -0.39 is 12.0 Å². The summed E-state index contributed by atoms with van der Waals surface area (Å²) in [6, 6.07) is -0.663. The highest BCUT2D eigenvalue weighted by atomic mass is 16.4. The summed E-state index contributed by atoms with van der Waals surface area (Å²) in [7, 11) is 0. The van der Waals surface area contributed by atoms with Crippen LogP contribution < -0.4 is 10.5 Å². The smallest absolute Gasteiger partial charge is 0.326 e. The Labute approximate surface area is 124 Å². The summed E-state index contributed by atoms with van der Waals surface area (Å²) in [5, 5.41) is 9.44. The Kier molecular flexibility index (Phi) is 4.34. The molecule has 1 aromatic rings. The van der Waals surface area contributed by atoms with Gasteiger partial charge in [0.2, 0.25) is 0 Å². The monoisotopic (exact) mass is 293 g/mol. The van der Waals surface area contributed by atoms with Crippen LogP contribution >= 0.6 is 0 Å². The van der Waals surface area contributed by atoms with Gasteiger partial charge in [0.25, 0.3) is 5.56 Å². The summed E-state index contributed by atoms with van der Waals surface area (Å²) < 4.78 is 1.61. The quantitative estimate of drug-likeness (QED) is 0.900. The summed E-state index contributed by atoms with van der Waals surface area (Å²) in [5.74, 6) is -0.633. The first-order valence-electron chi connectivity index (χ1n) is 7.40. The molecule has 0 aliphatic carbocycles. The number of carboxylic acid groups (broad SMARTS) is 1. The first kappa shape index (κ1) is 15.5. The molecule has 6 nitrogen and oxygen atoms in total. The number of carbonyl (C=O) groups is 1. The molecule has 1 aromatic heterocycles. The molecule has 1 atom stereocenters. The van der Waals surface area contributed by atoms with Crippen LogP contribution in [-0.4, -0.2) is 33.2 Å². The molecule has 0 radical (unpaired) electrons. The maximum atomic E-state index is 12.7. The Morgan fingerprint density at radius 3 is 2.67 bits per heavy atom. The van der Waals surface area contributed by atoms with Crippen LogP contribution in [0.25, 0.3) is 0 Å². The minimum absolute atomic E-state index is 0.224. The molecule has 1 aliphatic rings. The van der Waals surface area contributed by atoms with Crippen molar-refractivity contribution in [3.63, 3.8) is 0 Å². The van der Waals surface area contributed by atoms with Gasteiger partial charge in [-0.25, -0.2) is 9.78 Å². The van der Waals surface area contributed by atoms with Gasteiger partial charge < -0.3 is 14.6 Å². The van der Waals surface area contributed by atoms with Crippen LogP contribution in [-0.2, 0) is 10.3 Å². The van der Waals surface area contributed by atoms with Crippen molar-refractivity contribution in [2.24, 2.45) is 0 Å². The van der Waals surface area contributed by atoms with Gasteiger partial charge in [-0.3, -0.25) is 4.79 Å². The third kappa shape index (κ3) is 3.25. The number of carboxylic acids is 1. The van der Waals surface area contributed by atoms with Crippen LogP contribution in [0.3, 0.4) is 0 Å². The lowest BCUT2D eigenvalue weighted by molar-refractivity contribution is -0.138. The summed E-state index contributed by atoms with van der Waals surface area (Å²) in [6.07, 6.45) is 6.52. The van der Waals surface area contributed by atoms with E-state index in [9.17, 15) is 14.7 Å². The summed E-state index contributed by atoms with van der Waals surface area (Å²) in [4.78, 5) is 30.0. The lowest BCUT2D eigenvalue weighted by atomic mass is 10.1. The molecule has 0 saturated carbocycles. The molecule has 1 N–H and O–H groups in total. The number of nitrogens with zero attached hydrogens (tertiary/aromatic N) is 3. The van der Waals surface area contributed by atoms with E-state index in [-0.39, 0.29) is 16.9 Å². The van der Waals surface area contributed by atoms with Crippen LogP contribution in [0.2, 0.25) is 0 Å². The molecular formula is C15H23N3O3. The van der Waals surface area contributed by atoms with Crippen molar-refractivity contribution >= 4 is 11.8 Å². The molecule has 1 saturated heterocycles. The molecule has 1 unspecified atom stereocenters. The Morgan fingerprint density at radius 1 is 1.33 bits per heavy atom. The van der Waals surface area contributed by atoms with Gasteiger partial charge in [-0.15, -0.1) is 0 Å². The zero-order chi connectivity index (χ0) is 15.6. The third-order valence-corrected chi connectivity index (χ3v) is 3.86. The molecule has 2 heterocycles. The molecule has 21 heavy (non-hydrogen) atoms. The molecule has 0 spiro atoms. The minimum atomic E-state index is -0.885. The van der Waals surface area contributed by atoms with E-state index in [1.165, 1.54) is 0 Å². The van der Waals surface area contributed by atoms with Crippen LogP contribution in [0, 0.1) is 0 Å². The highest BCUT2D eigenvalue weighted by Crippen LogP contribution is 2.21. The van der Waals surface area contributed by atoms with Crippen LogP contribution in [0.4, 0.5) is 5.82 Å². The fourth-order valence-corrected chi connectivity index (χ4v) is 2.75. The number of anilines is 1. The highest BCUT2D eigenvalue weighted by molar-refractivity contribution is 5.77. The van der Waals surface area contributed by atoms with Gasteiger partial charge in [-0.2, -0.15) is 0 Å². The SMILES string of the molecule is CC(C)(C)n1ccnc(N2CCCCCC2C(=O)O)c1=O. The first-order valence-corrected chi connectivity index (χ1v) is 7.40. The van der Waals surface area contributed by atoms with E-state index in [0.29, 0.717) is 13.0 Å². The molecular weight excluding hydrogens is 270 g/mol. The minimum Gasteiger partial charge on any atom is -0.480 e. The van der Waals surface area contributed by atoms with Crippen molar-refractivity contribution < 1.29 is 9.90 Å². The van der Waals surface area contributed by atoms with Gasteiger partial charge >= 0.3 is 5.97 Å². The second-order valence-corrected chi connectivity index (χ2v) is 6.49. The van der Waals surface area contributed by atoms with Gasteiger partial charge in [0.05, 0.1) is 0 Å². The maximum Gasteiger partial charge on any atom is 0.326 e. The Hall–Kier alpha value is -1.85. The third-order valence-electron chi connectivity index (χ3n) is 3.86. The summed E-state index contributed by atoms with van der Waals surface area (Å²) >= 11 is 0. The highest BCUT2D eigenvalue weighted by Gasteiger charge is 2.30. The predicted molar refractivity (Wildman–Crippen MR) is 80.7 cm³/mol. The number of rotatable bonds is 2. The van der Waals surface area contributed by atoms with Crippen LogP contribution in [0.1, 0.15) is 46.5 Å². The summed E-state index contributed by atoms with van der Waals surface area (Å²) in [6.45, 7) is 6.38. The van der Waals surface area contributed by atoms with Crippen molar-refractivity contribution in [2.75, 3.05) is 11.4 Å². The molecule has 6 heteroatoms. The predicted octanol–water partition coefficient (Wildman–Crippen LogP) is 1.83. The Balaban J connectivity index is 2.48. The van der Waals surface area contributed by atoms with E-state index >= 15 is 0 Å². The fraction of sp³-hybridized carbons (Fsp3) is 0.667. The number of hydrogen-bond acceptors (Lipinski definition) is 4. The van der Waals surface area contributed by atoms with E-state index in [4.69, 9.17) is 0 Å². The second-order valence-electron chi connectivity index (χ2n) is 6.49. The van der Waals surface area contributed by atoms with E-state index in [0.717, 1.165) is 19.3 Å². The number of aromatic nitrogens is 2. The molecule has 0 bridgehead atoms. The molecule has 2 rings (SSSR count). The average Bonchev–Trinajstić information content (AvgIpc) is 2.63. The fourth-order valence-electron chi connectivity index (χ4n) is 2.75. The van der Waals surface area contributed by atoms with Crippen molar-refractivity contribution in [3.05, 3.63) is 22.7 Å². The zero-order valence-corrected chi connectivity index (χ0v) is 12.9. The Morgan fingerprint density at radius 2 is 2.05 bits per heavy atom. The second kappa shape index (κ2) is 5.87. The molecule has 1 fully saturated rings. The van der Waals surface area contributed by atoms with Crippen LogP contribution in [0.15, 0.2) is 17.2 Å². The maximum absolute atomic E-state index is 12.7. The normalized spacial score (nSPS) is 20.1. The zero-order valence-electron chi connectivity index (χ0n) is 12.9. The standard InChI is InChI=1S/C15H23N3O3/c1-15(2,3)18-10-8-16-12(13(18)19)17-9-6-4-5-7-11(17)14(20)21/h8,10-11H,4-7,9H2,1-3H3,(H,20,21). The largest absolute Gasteiger partial charge is 0.480 e. The molecule has 0 amide bonds. The number of hydrogen-bond donors (Lipinski definition) is 1. The van der Waals surface area contributed by atoms with Crippen molar-refractivity contribution in [1.82, 2.24) is 9.55 Å². The van der Waals surface area contributed by atoms with E-state index in [1.54, 1.807) is 21.9 Å².